The number of hydrogen-bond acceptors (Lipinski definition) is 3. The molecular weight excluding hydrogens is 257 g/mol. The summed E-state index contributed by atoms with van der Waals surface area (Å²) in [6, 6.07) is 4.72. The van der Waals surface area contributed by atoms with Crippen LogP contribution in [0.1, 0.15) is 12.5 Å². The minimum absolute atomic E-state index is 0.0721. The van der Waals surface area contributed by atoms with E-state index in [1.165, 1.54) is 12.1 Å². The minimum atomic E-state index is -0.424. The molecule has 0 spiro atoms. The lowest BCUT2D eigenvalue weighted by atomic mass is 10.1. The third-order valence-electron chi connectivity index (χ3n) is 2.64. The van der Waals surface area contributed by atoms with Crippen molar-refractivity contribution in [1.82, 2.24) is 4.90 Å². The zero-order valence-electron chi connectivity index (χ0n) is 10.4. The van der Waals surface area contributed by atoms with Crippen LogP contribution in [-0.2, 0) is 6.54 Å². The molecule has 0 aliphatic carbocycles. The average molecular weight is 274 g/mol. The summed E-state index contributed by atoms with van der Waals surface area (Å²) in [6.45, 7) is 3.03. The van der Waals surface area contributed by atoms with E-state index in [1.807, 2.05) is 18.9 Å². The second kappa shape index (κ2) is 6.56. The van der Waals surface area contributed by atoms with Crippen LogP contribution in [0.4, 0.5) is 4.39 Å². The predicted molar refractivity (Wildman–Crippen MR) is 70.3 cm³/mol. The number of nitrogens with zero attached hydrogens (tertiary/aromatic N) is 2. The van der Waals surface area contributed by atoms with Crippen molar-refractivity contribution in [3.05, 3.63) is 34.6 Å². The first-order valence-corrected chi connectivity index (χ1v) is 5.91. The third-order valence-corrected chi connectivity index (χ3v) is 2.95. The van der Waals surface area contributed by atoms with Gasteiger partial charge in [0.05, 0.1) is 5.02 Å². The van der Waals surface area contributed by atoms with Gasteiger partial charge in [0.25, 0.3) is 0 Å². The van der Waals surface area contributed by atoms with Crippen LogP contribution in [0.15, 0.2) is 23.4 Å². The van der Waals surface area contributed by atoms with Crippen LogP contribution in [0.5, 0.6) is 0 Å². The molecule has 1 rings (SSSR count). The molecule has 1 atom stereocenters. The summed E-state index contributed by atoms with van der Waals surface area (Å²) in [5.74, 6) is -0.312. The molecule has 6 heteroatoms. The van der Waals surface area contributed by atoms with Gasteiger partial charge in [0, 0.05) is 19.0 Å². The Bertz CT molecular complexity index is 439. The number of halogens is 2. The molecule has 4 nitrogen and oxygen atoms in total. The largest absolute Gasteiger partial charge is 0.409 e. The van der Waals surface area contributed by atoms with Crippen molar-refractivity contribution >= 4 is 17.4 Å². The highest BCUT2D eigenvalue weighted by atomic mass is 35.5. The van der Waals surface area contributed by atoms with Gasteiger partial charge in [-0.2, -0.15) is 0 Å². The lowest BCUT2D eigenvalue weighted by molar-refractivity contribution is 0.290. The maximum atomic E-state index is 13.3. The van der Waals surface area contributed by atoms with Crippen molar-refractivity contribution in [3.63, 3.8) is 0 Å². The van der Waals surface area contributed by atoms with Crippen molar-refractivity contribution in [2.75, 3.05) is 13.6 Å². The van der Waals surface area contributed by atoms with E-state index < -0.39 is 5.82 Å². The molecule has 18 heavy (non-hydrogen) atoms. The molecule has 0 aromatic heterocycles. The van der Waals surface area contributed by atoms with E-state index in [-0.39, 0.29) is 16.8 Å². The molecule has 0 aliphatic rings. The lowest BCUT2D eigenvalue weighted by Crippen LogP contribution is -2.32. The van der Waals surface area contributed by atoms with E-state index in [4.69, 9.17) is 22.5 Å². The van der Waals surface area contributed by atoms with Crippen molar-refractivity contribution in [3.8, 4) is 0 Å². The van der Waals surface area contributed by atoms with Crippen molar-refractivity contribution in [2.24, 2.45) is 16.8 Å². The van der Waals surface area contributed by atoms with E-state index in [2.05, 4.69) is 5.16 Å². The van der Waals surface area contributed by atoms with Crippen LogP contribution in [0, 0.1) is 11.7 Å². The molecule has 1 unspecified atom stereocenters. The summed E-state index contributed by atoms with van der Waals surface area (Å²) in [5, 5.41) is 11.6. The van der Waals surface area contributed by atoms with Crippen molar-refractivity contribution in [1.29, 1.82) is 0 Å². The highest BCUT2D eigenvalue weighted by Crippen LogP contribution is 2.16. The molecule has 0 saturated heterocycles. The molecule has 0 bridgehead atoms. The number of rotatable bonds is 5. The fraction of sp³-hybridized carbons (Fsp3) is 0.417. The van der Waals surface area contributed by atoms with Gasteiger partial charge in [-0.25, -0.2) is 4.39 Å². The summed E-state index contributed by atoms with van der Waals surface area (Å²) in [5.41, 5.74) is 6.32. The van der Waals surface area contributed by atoms with Gasteiger partial charge in [0.1, 0.15) is 11.7 Å². The monoisotopic (exact) mass is 273 g/mol. The highest BCUT2D eigenvalue weighted by molar-refractivity contribution is 6.30. The van der Waals surface area contributed by atoms with Crippen LogP contribution in [0.3, 0.4) is 0 Å². The number of hydrogen-bond donors (Lipinski definition) is 2. The standard InChI is InChI=1S/C12H17ClFN3O/c1-8(12(15)16-18)6-17(2)7-9-3-4-10(13)11(14)5-9/h3-5,8,18H,6-7H2,1-2H3,(H2,15,16). The van der Waals surface area contributed by atoms with Gasteiger partial charge < -0.3 is 15.8 Å². The first-order chi connectivity index (χ1) is 8.43. The summed E-state index contributed by atoms with van der Waals surface area (Å²) in [7, 11) is 1.88. The zero-order chi connectivity index (χ0) is 13.7. The molecule has 3 N–H and O–H groups in total. The lowest BCUT2D eigenvalue weighted by Gasteiger charge is -2.20. The van der Waals surface area contributed by atoms with E-state index in [1.54, 1.807) is 6.07 Å². The minimum Gasteiger partial charge on any atom is -0.409 e. The van der Waals surface area contributed by atoms with E-state index in [9.17, 15) is 4.39 Å². The van der Waals surface area contributed by atoms with Gasteiger partial charge >= 0.3 is 0 Å². The molecule has 0 saturated carbocycles. The number of nitrogens with two attached hydrogens (primary N) is 1. The number of amidine groups is 1. The summed E-state index contributed by atoms with van der Waals surface area (Å²) in [4.78, 5) is 1.96. The van der Waals surface area contributed by atoms with Crippen LogP contribution in [0.25, 0.3) is 0 Å². The van der Waals surface area contributed by atoms with Gasteiger partial charge in [0.15, 0.2) is 0 Å². The fourth-order valence-electron chi connectivity index (χ4n) is 1.67. The quantitative estimate of drug-likeness (QED) is 0.374. The molecule has 0 fully saturated rings. The van der Waals surface area contributed by atoms with Crippen LogP contribution >= 0.6 is 11.6 Å². The SMILES string of the molecule is CC(CN(C)Cc1ccc(Cl)c(F)c1)/C(N)=N/O. The first-order valence-electron chi connectivity index (χ1n) is 5.54. The second-order valence-electron chi connectivity index (χ2n) is 4.37. The molecule has 1 aromatic rings. The van der Waals surface area contributed by atoms with Crippen LogP contribution in [-0.4, -0.2) is 29.5 Å². The molecule has 0 heterocycles. The maximum Gasteiger partial charge on any atom is 0.143 e. The summed E-state index contributed by atoms with van der Waals surface area (Å²) >= 11 is 5.61. The number of oxime groups is 1. The van der Waals surface area contributed by atoms with Crippen LogP contribution < -0.4 is 5.73 Å². The second-order valence-corrected chi connectivity index (χ2v) is 4.78. The molecule has 0 amide bonds. The van der Waals surface area contributed by atoms with Gasteiger partial charge in [-0.15, -0.1) is 0 Å². The first kappa shape index (κ1) is 14.7. The number of benzene rings is 1. The Kier molecular flexibility index (Phi) is 5.37. The van der Waals surface area contributed by atoms with Gasteiger partial charge in [-0.3, -0.25) is 0 Å². The summed E-state index contributed by atoms with van der Waals surface area (Å²) < 4.78 is 13.3. The average Bonchev–Trinajstić information content (AvgIpc) is 2.32. The topological polar surface area (TPSA) is 61.8 Å². The zero-order valence-corrected chi connectivity index (χ0v) is 11.2. The Morgan fingerprint density at radius 1 is 1.61 bits per heavy atom. The Morgan fingerprint density at radius 2 is 2.28 bits per heavy atom. The Balaban J connectivity index is 2.59. The van der Waals surface area contributed by atoms with Crippen molar-refractivity contribution < 1.29 is 9.60 Å². The third kappa shape index (κ3) is 4.16. The normalized spacial score (nSPS) is 13.9. The Labute approximate surface area is 111 Å². The molecular formula is C12H17ClFN3O. The van der Waals surface area contributed by atoms with Gasteiger partial charge in [-0.1, -0.05) is 29.7 Å². The van der Waals surface area contributed by atoms with E-state index in [0.29, 0.717) is 13.1 Å². The maximum absolute atomic E-state index is 13.3. The predicted octanol–water partition coefficient (Wildman–Crippen LogP) is 2.29. The highest BCUT2D eigenvalue weighted by Gasteiger charge is 2.11. The molecule has 0 radical (unpaired) electrons. The molecule has 100 valence electrons. The van der Waals surface area contributed by atoms with Crippen molar-refractivity contribution in [2.45, 2.75) is 13.5 Å². The van der Waals surface area contributed by atoms with E-state index >= 15 is 0 Å². The Hall–Kier alpha value is -1.33. The van der Waals surface area contributed by atoms with E-state index in [0.717, 1.165) is 5.56 Å². The van der Waals surface area contributed by atoms with Gasteiger partial charge in [-0.05, 0) is 24.7 Å². The smallest absolute Gasteiger partial charge is 0.143 e. The molecule has 1 aromatic carbocycles. The fourth-order valence-corrected chi connectivity index (χ4v) is 1.79. The summed E-state index contributed by atoms with van der Waals surface area (Å²) in [6.07, 6.45) is 0. The van der Waals surface area contributed by atoms with Gasteiger partial charge in [0.2, 0.25) is 0 Å². The van der Waals surface area contributed by atoms with Crippen LogP contribution in [0.2, 0.25) is 5.02 Å². The molecule has 0 aliphatic heterocycles. The Morgan fingerprint density at radius 3 is 2.83 bits per heavy atom.